The van der Waals surface area contributed by atoms with Gasteiger partial charge in [-0.1, -0.05) is 42.5 Å². The maximum atomic E-state index is 14.1. The van der Waals surface area contributed by atoms with Crippen LogP contribution in [0, 0.1) is 19.7 Å². The molecule has 210 valence electrons. The highest BCUT2D eigenvalue weighted by Crippen LogP contribution is 2.41. The highest BCUT2D eigenvalue weighted by molar-refractivity contribution is 5.90. The number of halogens is 1. The summed E-state index contributed by atoms with van der Waals surface area (Å²) >= 11 is 0. The van der Waals surface area contributed by atoms with Gasteiger partial charge in [-0.05, 0) is 102 Å². The number of fused-ring (bicyclic) bond motifs is 2. The van der Waals surface area contributed by atoms with Gasteiger partial charge >= 0.3 is 5.97 Å². The number of carboxylic acids is 1. The summed E-state index contributed by atoms with van der Waals surface area (Å²) < 4.78 is 20.0. The molecule has 0 fully saturated rings. The molecule has 0 aliphatic carbocycles. The second kappa shape index (κ2) is 11.5. The van der Waals surface area contributed by atoms with Crippen LogP contribution in [0.5, 0.6) is 5.75 Å². The molecule has 0 saturated heterocycles. The van der Waals surface area contributed by atoms with Gasteiger partial charge in [0.15, 0.2) is 0 Å². The van der Waals surface area contributed by atoms with E-state index in [1.807, 2.05) is 32.0 Å². The van der Waals surface area contributed by atoms with Crippen LogP contribution in [0.2, 0.25) is 0 Å². The summed E-state index contributed by atoms with van der Waals surface area (Å²) in [4.78, 5) is 19.2. The summed E-state index contributed by atoms with van der Waals surface area (Å²) in [6, 6.07) is 19.9. The molecule has 5 nitrogen and oxygen atoms in total. The lowest BCUT2D eigenvalue weighted by atomic mass is 9.85. The third-order valence-electron chi connectivity index (χ3n) is 8.45. The van der Waals surface area contributed by atoms with E-state index < -0.39 is 5.97 Å². The van der Waals surface area contributed by atoms with Crippen LogP contribution in [0.15, 0.2) is 60.7 Å². The van der Waals surface area contributed by atoms with E-state index in [-0.39, 0.29) is 12.2 Å². The van der Waals surface area contributed by atoms with Gasteiger partial charge in [0.1, 0.15) is 11.6 Å². The Kier molecular flexibility index (Phi) is 7.59. The Morgan fingerprint density at radius 2 is 1.73 bits per heavy atom. The Morgan fingerprint density at radius 1 is 0.951 bits per heavy atom. The normalized spacial score (nSPS) is 14.7. The first-order chi connectivity index (χ1) is 19.9. The topological polar surface area (TPSA) is 62.7 Å². The van der Waals surface area contributed by atoms with Crippen molar-refractivity contribution in [2.75, 3.05) is 19.7 Å². The lowest BCUT2D eigenvalue weighted by molar-refractivity contribution is -0.136. The molecule has 41 heavy (non-hydrogen) atoms. The Balaban J connectivity index is 1.36. The van der Waals surface area contributed by atoms with Gasteiger partial charge in [0.2, 0.25) is 0 Å². The Hall–Kier alpha value is -4.03. The molecule has 6 rings (SSSR count). The number of carboxylic acid groups (broad SMARTS) is 1. The number of hydrogen-bond acceptors (Lipinski definition) is 4. The molecule has 0 saturated carbocycles. The van der Waals surface area contributed by atoms with E-state index >= 15 is 0 Å². The molecule has 0 bridgehead atoms. The van der Waals surface area contributed by atoms with Gasteiger partial charge in [-0.3, -0.25) is 14.7 Å². The lowest BCUT2D eigenvalue weighted by Gasteiger charge is -2.29. The second-order valence-corrected chi connectivity index (χ2v) is 11.2. The van der Waals surface area contributed by atoms with Crippen molar-refractivity contribution in [2.45, 2.75) is 52.5 Å². The minimum absolute atomic E-state index is 0.0864. The Bertz CT molecular complexity index is 1630. The van der Waals surface area contributed by atoms with Crippen molar-refractivity contribution in [3.63, 3.8) is 0 Å². The van der Waals surface area contributed by atoms with Crippen molar-refractivity contribution in [3.8, 4) is 28.0 Å². The van der Waals surface area contributed by atoms with E-state index in [0.29, 0.717) is 6.42 Å². The number of pyridine rings is 1. The zero-order valence-corrected chi connectivity index (χ0v) is 23.7. The predicted octanol–water partition coefficient (Wildman–Crippen LogP) is 6.72. The monoisotopic (exact) mass is 550 g/mol. The largest absolute Gasteiger partial charge is 0.493 e. The van der Waals surface area contributed by atoms with Crippen LogP contribution < -0.4 is 4.74 Å². The zero-order chi connectivity index (χ0) is 28.5. The third-order valence-corrected chi connectivity index (χ3v) is 8.45. The number of hydrogen-bond donors (Lipinski definition) is 1. The molecule has 0 amide bonds. The Labute approximate surface area is 240 Å². The molecule has 4 aromatic rings. The summed E-state index contributed by atoms with van der Waals surface area (Å²) in [5.74, 6) is -0.0912. The quantitative estimate of drug-likeness (QED) is 0.277. The molecule has 2 aliphatic heterocycles. The molecule has 6 heteroatoms. The minimum atomic E-state index is -0.867. The first-order valence-electron chi connectivity index (χ1n) is 14.4. The van der Waals surface area contributed by atoms with Crippen molar-refractivity contribution in [1.82, 2.24) is 9.88 Å². The number of nitrogens with zero attached hydrogens (tertiary/aromatic N) is 2. The van der Waals surface area contributed by atoms with Gasteiger partial charge in [0.25, 0.3) is 0 Å². The summed E-state index contributed by atoms with van der Waals surface area (Å²) in [6.07, 6.45) is 3.43. The lowest BCUT2D eigenvalue weighted by Crippen LogP contribution is -2.32. The number of carbonyl (C=O) groups is 1. The fourth-order valence-electron chi connectivity index (χ4n) is 6.38. The maximum Gasteiger partial charge on any atom is 0.307 e. The van der Waals surface area contributed by atoms with Crippen LogP contribution in [-0.4, -0.2) is 40.7 Å². The van der Waals surface area contributed by atoms with Crippen LogP contribution >= 0.6 is 0 Å². The minimum Gasteiger partial charge on any atom is -0.493 e. The standard InChI is InChI=1S/C35H35FN2O3/c1-22-30(20-33(39)40)35(28-11-12-32-26(19-28)7-5-17-41-32)34(23(2)37-22)27-9-10-29-21-38(16-14-25(29)18-27)15-13-24-6-3-4-8-31(24)36/h3-4,6,8-12,18-19H,5,7,13-17,20-21H2,1-2H3,(H,39,40). The molecule has 0 radical (unpaired) electrons. The average molecular weight is 551 g/mol. The Morgan fingerprint density at radius 3 is 2.56 bits per heavy atom. The second-order valence-electron chi connectivity index (χ2n) is 11.2. The van der Waals surface area contributed by atoms with Gasteiger partial charge in [0.05, 0.1) is 13.0 Å². The molecule has 1 N–H and O–H groups in total. The number of ether oxygens (including phenoxy) is 1. The van der Waals surface area contributed by atoms with Crippen LogP contribution in [0.25, 0.3) is 22.3 Å². The van der Waals surface area contributed by atoms with E-state index in [4.69, 9.17) is 9.72 Å². The molecule has 3 aromatic carbocycles. The van der Waals surface area contributed by atoms with Crippen molar-refractivity contribution in [1.29, 1.82) is 0 Å². The number of rotatable bonds is 7. The molecular weight excluding hydrogens is 515 g/mol. The zero-order valence-electron chi connectivity index (χ0n) is 23.7. The van der Waals surface area contributed by atoms with E-state index in [1.54, 1.807) is 6.07 Å². The van der Waals surface area contributed by atoms with E-state index in [0.717, 1.165) is 102 Å². The summed E-state index contributed by atoms with van der Waals surface area (Å²) in [5, 5.41) is 9.83. The number of aliphatic carboxylic acids is 1. The number of aryl methyl sites for hydroxylation is 3. The fraction of sp³-hybridized carbons (Fsp3) is 0.314. The van der Waals surface area contributed by atoms with Crippen molar-refractivity contribution in [2.24, 2.45) is 0 Å². The molecule has 2 aliphatic rings. The van der Waals surface area contributed by atoms with Crippen molar-refractivity contribution in [3.05, 3.63) is 106 Å². The number of aromatic nitrogens is 1. The summed E-state index contributed by atoms with van der Waals surface area (Å²) in [5.41, 5.74) is 10.9. The van der Waals surface area contributed by atoms with Gasteiger partial charge in [-0.2, -0.15) is 0 Å². The van der Waals surface area contributed by atoms with Gasteiger partial charge in [-0.15, -0.1) is 0 Å². The van der Waals surface area contributed by atoms with Gasteiger partial charge < -0.3 is 9.84 Å². The van der Waals surface area contributed by atoms with Gasteiger partial charge in [-0.25, -0.2) is 4.39 Å². The molecule has 0 unspecified atom stereocenters. The average Bonchev–Trinajstić information content (AvgIpc) is 2.97. The predicted molar refractivity (Wildman–Crippen MR) is 159 cm³/mol. The first-order valence-corrected chi connectivity index (χ1v) is 14.4. The van der Waals surface area contributed by atoms with Crippen LogP contribution in [-0.2, 0) is 37.0 Å². The highest BCUT2D eigenvalue weighted by atomic mass is 19.1. The summed E-state index contributed by atoms with van der Waals surface area (Å²) in [7, 11) is 0. The fourth-order valence-corrected chi connectivity index (χ4v) is 6.38. The molecular formula is C35H35FN2O3. The van der Waals surface area contributed by atoms with Crippen LogP contribution in [0.3, 0.4) is 0 Å². The highest BCUT2D eigenvalue weighted by Gasteiger charge is 2.24. The SMILES string of the molecule is Cc1nc(C)c(-c2ccc3c(c2)CCN(CCc2ccccc2F)C3)c(-c2ccc3c(c2)CCCO3)c1CC(=O)O. The van der Waals surface area contributed by atoms with Crippen molar-refractivity contribution >= 4 is 5.97 Å². The molecule has 3 heterocycles. The van der Waals surface area contributed by atoms with E-state index in [2.05, 4.69) is 35.2 Å². The molecule has 0 atom stereocenters. The first kappa shape index (κ1) is 27.2. The smallest absolute Gasteiger partial charge is 0.307 e. The number of benzene rings is 3. The van der Waals surface area contributed by atoms with Gasteiger partial charge in [0, 0.05) is 36.6 Å². The third kappa shape index (κ3) is 5.62. The molecule has 0 spiro atoms. The maximum absolute atomic E-state index is 14.1. The summed E-state index contributed by atoms with van der Waals surface area (Å²) in [6.45, 7) is 7.21. The van der Waals surface area contributed by atoms with Crippen LogP contribution in [0.4, 0.5) is 4.39 Å². The molecule has 1 aromatic heterocycles. The van der Waals surface area contributed by atoms with Crippen molar-refractivity contribution < 1.29 is 19.0 Å². The van der Waals surface area contributed by atoms with E-state index in [9.17, 15) is 14.3 Å². The van der Waals surface area contributed by atoms with E-state index in [1.165, 1.54) is 17.2 Å². The van der Waals surface area contributed by atoms with Crippen LogP contribution in [0.1, 0.15) is 45.6 Å².